The number of pyridine rings is 1. The maximum absolute atomic E-state index is 6.15. The summed E-state index contributed by atoms with van der Waals surface area (Å²) >= 11 is 0. The van der Waals surface area contributed by atoms with Crippen LogP contribution in [0.1, 0.15) is 43.4 Å². The van der Waals surface area contributed by atoms with Crippen LogP contribution in [-0.2, 0) is 13.1 Å². The molecule has 1 aliphatic carbocycles. The third-order valence-electron chi connectivity index (χ3n) is 6.03. The summed E-state index contributed by atoms with van der Waals surface area (Å²) in [5, 5.41) is 7.07. The summed E-state index contributed by atoms with van der Waals surface area (Å²) in [6, 6.07) is 14.9. The second kappa shape index (κ2) is 12.2. The molecule has 1 aliphatic heterocycles. The van der Waals surface area contributed by atoms with Crippen molar-refractivity contribution in [1.82, 2.24) is 20.5 Å². The molecule has 2 heterocycles. The first-order valence-electron chi connectivity index (χ1n) is 11.1. The summed E-state index contributed by atoms with van der Waals surface area (Å²) in [7, 11) is 1.84. The molecule has 2 aliphatic rings. The molecule has 7 heteroatoms. The zero-order chi connectivity index (χ0) is 20.6. The van der Waals surface area contributed by atoms with Crippen molar-refractivity contribution in [2.45, 2.75) is 57.3 Å². The van der Waals surface area contributed by atoms with E-state index in [0.29, 0.717) is 18.7 Å². The number of likely N-dealkylation sites (tertiary alicyclic amines) is 1. The Morgan fingerprint density at radius 1 is 1.10 bits per heavy atom. The highest BCUT2D eigenvalue weighted by molar-refractivity contribution is 14.0. The van der Waals surface area contributed by atoms with Crippen molar-refractivity contribution in [1.29, 1.82) is 0 Å². The number of nitrogens with zero attached hydrogens (tertiary/aromatic N) is 3. The molecule has 1 aromatic heterocycles. The molecule has 2 N–H and O–H groups in total. The maximum Gasteiger partial charge on any atom is 0.191 e. The van der Waals surface area contributed by atoms with Gasteiger partial charge in [-0.15, -0.1) is 24.0 Å². The predicted octanol–water partition coefficient (Wildman–Crippen LogP) is 3.96. The minimum absolute atomic E-state index is 0. The number of nitrogens with one attached hydrogen (secondary N) is 2. The third kappa shape index (κ3) is 7.07. The monoisotopic (exact) mass is 535 g/mol. The quantitative estimate of drug-likeness (QED) is 0.320. The van der Waals surface area contributed by atoms with Gasteiger partial charge in [0.25, 0.3) is 0 Å². The average molecular weight is 535 g/mol. The molecule has 1 saturated heterocycles. The van der Waals surface area contributed by atoms with Crippen LogP contribution in [0.5, 0.6) is 5.75 Å². The van der Waals surface area contributed by atoms with Gasteiger partial charge in [0.05, 0.1) is 11.8 Å². The fourth-order valence-electron chi connectivity index (χ4n) is 3.96. The highest BCUT2D eigenvalue weighted by Crippen LogP contribution is 2.27. The smallest absolute Gasteiger partial charge is 0.191 e. The molecule has 6 nitrogen and oxygen atoms in total. The van der Waals surface area contributed by atoms with Gasteiger partial charge in [-0.3, -0.25) is 14.9 Å². The van der Waals surface area contributed by atoms with E-state index in [1.807, 2.05) is 25.4 Å². The Balaban J connectivity index is 0.00000272. The van der Waals surface area contributed by atoms with Crippen LogP contribution in [0, 0.1) is 0 Å². The molecular formula is C24H34IN5O. The first-order valence-corrected chi connectivity index (χ1v) is 11.1. The van der Waals surface area contributed by atoms with Crippen molar-refractivity contribution < 1.29 is 4.74 Å². The number of guanidine groups is 1. The van der Waals surface area contributed by atoms with E-state index in [-0.39, 0.29) is 24.0 Å². The summed E-state index contributed by atoms with van der Waals surface area (Å²) in [6.07, 6.45) is 8.09. The summed E-state index contributed by atoms with van der Waals surface area (Å²) < 4.78 is 6.15. The van der Waals surface area contributed by atoms with Crippen LogP contribution in [0.4, 0.5) is 0 Å². The van der Waals surface area contributed by atoms with Crippen molar-refractivity contribution in [3.63, 3.8) is 0 Å². The molecule has 0 spiro atoms. The van der Waals surface area contributed by atoms with Crippen LogP contribution >= 0.6 is 24.0 Å². The SMILES string of the molecule is CN=C(NCc1ccccc1OC1CCC1)NC1CCN(Cc2ccccn2)CC1.I. The first-order chi connectivity index (χ1) is 14.8. The zero-order valence-electron chi connectivity index (χ0n) is 18.3. The maximum atomic E-state index is 6.15. The van der Waals surface area contributed by atoms with Gasteiger partial charge in [0.2, 0.25) is 0 Å². The second-order valence-electron chi connectivity index (χ2n) is 8.22. The lowest BCUT2D eigenvalue weighted by Crippen LogP contribution is -2.48. The van der Waals surface area contributed by atoms with Crippen LogP contribution in [-0.4, -0.2) is 48.1 Å². The molecule has 4 rings (SSSR count). The Bertz CT molecular complexity index is 820. The molecule has 0 atom stereocenters. The predicted molar refractivity (Wildman–Crippen MR) is 136 cm³/mol. The van der Waals surface area contributed by atoms with Crippen LogP contribution in [0.3, 0.4) is 0 Å². The largest absolute Gasteiger partial charge is 0.490 e. The van der Waals surface area contributed by atoms with E-state index < -0.39 is 0 Å². The molecular weight excluding hydrogens is 501 g/mol. The summed E-state index contributed by atoms with van der Waals surface area (Å²) in [6.45, 7) is 3.78. The Labute approximate surface area is 202 Å². The molecule has 0 bridgehead atoms. The number of aromatic nitrogens is 1. The van der Waals surface area contributed by atoms with Gasteiger partial charge in [-0.1, -0.05) is 24.3 Å². The van der Waals surface area contributed by atoms with Crippen molar-refractivity contribution in [2.24, 2.45) is 4.99 Å². The topological polar surface area (TPSA) is 61.8 Å². The number of rotatable bonds is 7. The number of aliphatic imine (C=N–C) groups is 1. The molecule has 31 heavy (non-hydrogen) atoms. The van der Waals surface area contributed by atoms with E-state index in [2.05, 4.69) is 55.8 Å². The van der Waals surface area contributed by atoms with Gasteiger partial charge in [-0.05, 0) is 50.3 Å². The summed E-state index contributed by atoms with van der Waals surface area (Å²) in [5.41, 5.74) is 2.32. The van der Waals surface area contributed by atoms with E-state index in [1.165, 1.54) is 24.8 Å². The second-order valence-corrected chi connectivity index (χ2v) is 8.22. The molecule has 0 unspecified atom stereocenters. The summed E-state index contributed by atoms with van der Waals surface area (Å²) in [4.78, 5) is 11.4. The highest BCUT2D eigenvalue weighted by Gasteiger charge is 2.21. The number of hydrogen-bond acceptors (Lipinski definition) is 4. The Kier molecular flexibility index (Phi) is 9.39. The van der Waals surface area contributed by atoms with Gasteiger partial charge in [0, 0.05) is 51.0 Å². The lowest BCUT2D eigenvalue weighted by molar-refractivity contribution is 0.119. The molecule has 2 aromatic rings. The van der Waals surface area contributed by atoms with Crippen molar-refractivity contribution in [3.8, 4) is 5.75 Å². The van der Waals surface area contributed by atoms with Gasteiger partial charge >= 0.3 is 0 Å². The normalized spacial score (nSPS) is 18.0. The standard InChI is InChI=1S/C24H33N5O.HI/c1-25-24(27-17-19-7-2-3-11-23(19)30-22-9-6-10-22)28-20-12-15-29(16-13-20)18-21-8-4-5-14-26-21;/h2-5,7-8,11,14,20,22H,6,9-10,12-13,15-18H2,1H3,(H2,25,27,28);1H. The Morgan fingerprint density at radius 2 is 1.87 bits per heavy atom. The van der Waals surface area contributed by atoms with Gasteiger partial charge < -0.3 is 15.4 Å². The minimum Gasteiger partial charge on any atom is -0.490 e. The van der Waals surface area contributed by atoms with Gasteiger partial charge in [-0.2, -0.15) is 0 Å². The molecule has 1 aromatic carbocycles. The molecule has 1 saturated carbocycles. The lowest BCUT2D eigenvalue weighted by Gasteiger charge is -2.33. The van der Waals surface area contributed by atoms with E-state index in [1.54, 1.807) is 0 Å². The van der Waals surface area contributed by atoms with Gasteiger partial charge in [0.1, 0.15) is 5.75 Å². The van der Waals surface area contributed by atoms with E-state index in [9.17, 15) is 0 Å². The first kappa shape index (κ1) is 23.8. The number of halogens is 1. The van der Waals surface area contributed by atoms with Crippen molar-refractivity contribution in [2.75, 3.05) is 20.1 Å². The number of para-hydroxylation sites is 1. The number of hydrogen-bond donors (Lipinski definition) is 2. The minimum atomic E-state index is 0. The Hall–Kier alpha value is -1.87. The Morgan fingerprint density at radius 3 is 2.55 bits per heavy atom. The number of benzene rings is 1. The fraction of sp³-hybridized carbons (Fsp3) is 0.500. The fourth-order valence-corrected chi connectivity index (χ4v) is 3.96. The van der Waals surface area contributed by atoms with E-state index in [0.717, 1.165) is 49.9 Å². The molecule has 0 radical (unpaired) electrons. The van der Waals surface area contributed by atoms with E-state index in [4.69, 9.17) is 4.74 Å². The van der Waals surface area contributed by atoms with Gasteiger partial charge in [0.15, 0.2) is 5.96 Å². The third-order valence-corrected chi connectivity index (χ3v) is 6.03. The number of piperidine rings is 1. The lowest BCUT2D eigenvalue weighted by atomic mass is 9.96. The molecule has 2 fully saturated rings. The van der Waals surface area contributed by atoms with Crippen molar-refractivity contribution in [3.05, 3.63) is 59.9 Å². The summed E-state index contributed by atoms with van der Waals surface area (Å²) in [5.74, 6) is 1.85. The van der Waals surface area contributed by atoms with Crippen LogP contribution in [0.2, 0.25) is 0 Å². The van der Waals surface area contributed by atoms with Crippen molar-refractivity contribution >= 4 is 29.9 Å². The number of ether oxygens (including phenoxy) is 1. The molecule has 0 amide bonds. The zero-order valence-corrected chi connectivity index (χ0v) is 20.6. The molecule has 168 valence electrons. The van der Waals surface area contributed by atoms with Gasteiger partial charge in [-0.25, -0.2) is 0 Å². The highest BCUT2D eigenvalue weighted by atomic mass is 127. The van der Waals surface area contributed by atoms with E-state index >= 15 is 0 Å². The van der Waals surface area contributed by atoms with Crippen LogP contribution < -0.4 is 15.4 Å². The van der Waals surface area contributed by atoms with Crippen LogP contribution in [0.25, 0.3) is 0 Å². The van der Waals surface area contributed by atoms with Crippen LogP contribution in [0.15, 0.2) is 53.7 Å². The average Bonchev–Trinajstić information content (AvgIpc) is 2.76.